The molecule has 12 heteroatoms. The second-order valence-corrected chi connectivity index (χ2v) is 11.2. The molecule has 2 aromatic rings. The van der Waals surface area contributed by atoms with Gasteiger partial charge >= 0.3 is 6.61 Å². The normalized spacial score (nSPS) is 23.7. The van der Waals surface area contributed by atoms with E-state index in [1.807, 2.05) is 0 Å². The number of hydrogen-bond donors (Lipinski definition) is 4. The molecule has 34 heavy (non-hydrogen) atoms. The Bertz CT molecular complexity index is 1170. The number of nitrogens with two attached hydrogens (primary N) is 1. The van der Waals surface area contributed by atoms with E-state index < -0.39 is 39.2 Å². The van der Waals surface area contributed by atoms with Crippen LogP contribution in [-0.4, -0.2) is 42.9 Å². The SMILES string of the molecule is Cc1cc(OC(F)F)cnc1C(=O)Nc1ccc(F)c(C2(C)CS(O)(O)C3(CCC3)C(N)=N2)c1. The maximum Gasteiger partial charge on any atom is 0.387 e. The molecule has 2 aliphatic rings. The number of alkyl halides is 2. The molecule has 1 aromatic carbocycles. The van der Waals surface area contributed by atoms with Crippen molar-refractivity contribution in [2.24, 2.45) is 10.7 Å². The first-order valence-corrected chi connectivity index (χ1v) is 12.2. The first kappa shape index (κ1) is 24.3. The van der Waals surface area contributed by atoms with Crippen molar-refractivity contribution in [2.75, 3.05) is 11.1 Å². The highest BCUT2D eigenvalue weighted by Gasteiger charge is 2.57. The van der Waals surface area contributed by atoms with Crippen molar-refractivity contribution in [3.63, 3.8) is 0 Å². The van der Waals surface area contributed by atoms with Crippen LogP contribution in [0.15, 0.2) is 35.5 Å². The number of amidine groups is 1. The van der Waals surface area contributed by atoms with Crippen molar-refractivity contribution in [1.82, 2.24) is 4.98 Å². The van der Waals surface area contributed by atoms with Gasteiger partial charge in [-0.05, 0) is 62.9 Å². The van der Waals surface area contributed by atoms with E-state index in [4.69, 9.17) is 5.73 Å². The average molecular weight is 499 g/mol. The van der Waals surface area contributed by atoms with Gasteiger partial charge in [-0.1, -0.05) is 0 Å². The fraction of sp³-hybridized carbons (Fsp3) is 0.409. The number of benzene rings is 1. The first-order chi connectivity index (χ1) is 15.9. The Morgan fingerprint density at radius 1 is 1.29 bits per heavy atom. The summed E-state index contributed by atoms with van der Waals surface area (Å²) in [6, 6.07) is 5.10. The molecule has 1 aromatic heterocycles. The van der Waals surface area contributed by atoms with Gasteiger partial charge in [-0.3, -0.25) is 18.9 Å². The fourth-order valence-electron chi connectivity index (χ4n) is 4.48. The van der Waals surface area contributed by atoms with E-state index in [9.17, 15) is 27.1 Å². The first-order valence-electron chi connectivity index (χ1n) is 10.5. The standard InChI is InChI=1S/C22H25F3N4O4S/c1-12-8-14(33-20(24)25)10-27-17(12)18(30)28-13-4-5-16(23)15(9-13)21(2)11-34(31,32)22(6-3-7-22)19(26)29-21/h4-5,8-10,20,31-32H,3,6-7,11H2,1-2H3,(H2,26,29)(H,28,30). The highest BCUT2D eigenvalue weighted by molar-refractivity contribution is 8.26. The molecule has 1 aliphatic carbocycles. The summed E-state index contributed by atoms with van der Waals surface area (Å²) >= 11 is 0. The van der Waals surface area contributed by atoms with Crippen LogP contribution in [0.5, 0.6) is 5.75 Å². The summed E-state index contributed by atoms with van der Waals surface area (Å²) in [6.45, 7) is 0.0589. The van der Waals surface area contributed by atoms with Crippen molar-refractivity contribution in [3.05, 3.63) is 53.1 Å². The van der Waals surface area contributed by atoms with Gasteiger partial charge in [0.25, 0.3) is 5.91 Å². The van der Waals surface area contributed by atoms with E-state index in [1.54, 1.807) is 6.92 Å². The lowest BCUT2D eigenvalue weighted by molar-refractivity contribution is -0.0501. The lowest BCUT2D eigenvalue weighted by Crippen LogP contribution is -2.59. The Morgan fingerprint density at radius 3 is 2.56 bits per heavy atom. The third kappa shape index (κ3) is 4.10. The number of nitrogens with zero attached hydrogens (tertiary/aromatic N) is 2. The van der Waals surface area contributed by atoms with Crippen LogP contribution in [0.3, 0.4) is 0 Å². The number of aryl methyl sites for hydroxylation is 1. The Balaban J connectivity index is 1.61. The van der Waals surface area contributed by atoms with Crippen LogP contribution in [0.2, 0.25) is 0 Å². The number of rotatable bonds is 5. The second kappa shape index (κ2) is 8.43. The summed E-state index contributed by atoms with van der Waals surface area (Å²) in [5.41, 5.74) is 5.35. The number of amides is 1. The van der Waals surface area contributed by atoms with Crippen LogP contribution in [0.25, 0.3) is 0 Å². The zero-order chi connectivity index (χ0) is 24.9. The minimum Gasteiger partial charge on any atom is -0.433 e. The van der Waals surface area contributed by atoms with Gasteiger partial charge in [0.2, 0.25) is 0 Å². The maximum absolute atomic E-state index is 14.9. The third-order valence-electron chi connectivity index (χ3n) is 6.40. The third-order valence-corrected chi connectivity index (χ3v) is 9.23. The summed E-state index contributed by atoms with van der Waals surface area (Å²) in [5.74, 6) is -1.56. The van der Waals surface area contributed by atoms with Gasteiger partial charge in [-0.2, -0.15) is 19.4 Å². The zero-order valence-corrected chi connectivity index (χ0v) is 19.3. The number of halogens is 3. The summed E-state index contributed by atoms with van der Waals surface area (Å²) in [5, 5.41) is 2.60. The number of anilines is 1. The van der Waals surface area contributed by atoms with Crippen LogP contribution < -0.4 is 15.8 Å². The molecule has 1 amide bonds. The van der Waals surface area contributed by atoms with Crippen molar-refractivity contribution in [1.29, 1.82) is 0 Å². The molecule has 4 rings (SSSR count). The van der Waals surface area contributed by atoms with Gasteiger partial charge in [0, 0.05) is 11.3 Å². The van der Waals surface area contributed by atoms with Crippen molar-refractivity contribution < 1.29 is 31.8 Å². The molecule has 0 bridgehead atoms. The van der Waals surface area contributed by atoms with Crippen molar-refractivity contribution >= 4 is 28.0 Å². The predicted molar refractivity (Wildman–Crippen MR) is 123 cm³/mol. The number of carbonyl (C=O) groups is 1. The van der Waals surface area contributed by atoms with E-state index in [0.29, 0.717) is 18.4 Å². The molecule has 184 valence electrons. The molecule has 1 aliphatic heterocycles. The summed E-state index contributed by atoms with van der Waals surface area (Å²) in [4.78, 5) is 21.1. The van der Waals surface area contributed by atoms with E-state index in [-0.39, 0.29) is 34.3 Å². The minimum absolute atomic E-state index is 0.0280. The number of hydrogen-bond acceptors (Lipinski definition) is 7. The maximum atomic E-state index is 14.9. The quantitative estimate of drug-likeness (QED) is 0.475. The summed E-state index contributed by atoms with van der Waals surface area (Å²) < 4.78 is 64.8. The monoisotopic (exact) mass is 498 g/mol. The molecule has 8 nitrogen and oxygen atoms in total. The Hall–Kier alpha value is -2.83. The Morgan fingerprint density at radius 2 is 2.00 bits per heavy atom. The van der Waals surface area contributed by atoms with Crippen LogP contribution in [-0.2, 0) is 5.54 Å². The van der Waals surface area contributed by atoms with E-state index >= 15 is 0 Å². The van der Waals surface area contributed by atoms with Gasteiger partial charge in [-0.25, -0.2) is 9.37 Å². The highest BCUT2D eigenvalue weighted by atomic mass is 32.3. The highest BCUT2D eigenvalue weighted by Crippen LogP contribution is 2.66. The molecule has 1 spiro atoms. The van der Waals surface area contributed by atoms with Crippen LogP contribution in [0.4, 0.5) is 18.9 Å². The minimum atomic E-state index is -3.19. The molecule has 0 radical (unpaired) electrons. The van der Waals surface area contributed by atoms with E-state index in [1.165, 1.54) is 25.1 Å². The zero-order valence-electron chi connectivity index (χ0n) is 18.5. The number of aliphatic imine (C=N–C) groups is 1. The molecule has 1 saturated carbocycles. The summed E-state index contributed by atoms with van der Waals surface area (Å²) in [6.07, 6.45) is 2.85. The molecule has 1 fully saturated rings. The molecule has 5 N–H and O–H groups in total. The predicted octanol–water partition coefficient (Wildman–Crippen LogP) is 4.64. The largest absolute Gasteiger partial charge is 0.433 e. The second-order valence-electron chi connectivity index (χ2n) is 8.79. The molecule has 1 atom stereocenters. The number of carbonyl (C=O) groups excluding carboxylic acids is 1. The van der Waals surface area contributed by atoms with Crippen LogP contribution in [0, 0.1) is 12.7 Å². The lowest BCUT2D eigenvalue weighted by atomic mass is 9.82. The molecular formula is C22H25F3N4O4S. The van der Waals surface area contributed by atoms with Crippen molar-refractivity contribution in [3.8, 4) is 5.75 Å². The summed E-state index contributed by atoms with van der Waals surface area (Å²) in [7, 11) is -3.19. The van der Waals surface area contributed by atoms with Gasteiger partial charge in [-0.15, -0.1) is 0 Å². The number of aromatic nitrogens is 1. The van der Waals surface area contributed by atoms with E-state index in [2.05, 4.69) is 20.0 Å². The number of pyridine rings is 1. The van der Waals surface area contributed by atoms with Gasteiger partial charge in [0.15, 0.2) is 0 Å². The average Bonchev–Trinajstić information content (AvgIpc) is 2.66. The number of ether oxygens (including phenoxy) is 1. The lowest BCUT2D eigenvalue weighted by Gasteiger charge is -2.60. The van der Waals surface area contributed by atoms with Crippen LogP contribution >= 0.6 is 10.6 Å². The van der Waals surface area contributed by atoms with Gasteiger partial charge in [0.05, 0.1) is 11.9 Å². The smallest absolute Gasteiger partial charge is 0.387 e. The Kier molecular flexibility index (Phi) is 6.03. The van der Waals surface area contributed by atoms with Gasteiger partial charge in [0.1, 0.15) is 33.4 Å². The molecular weight excluding hydrogens is 473 g/mol. The molecule has 2 heterocycles. The topological polar surface area (TPSA) is 130 Å². The van der Waals surface area contributed by atoms with Crippen molar-refractivity contribution in [2.45, 2.75) is 50.0 Å². The fourth-order valence-corrected chi connectivity index (χ4v) is 7.08. The molecule has 1 unspecified atom stereocenters. The van der Waals surface area contributed by atoms with E-state index in [0.717, 1.165) is 18.7 Å². The Labute approximate surface area is 195 Å². The van der Waals surface area contributed by atoms with Crippen LogP contribution in [0.1, 0.15) is 47.8 Å². The molecule has 0 saturated heterocycles. The van der Waals surface area contributed by atoms with Gasteiger partial charge < -0.3 is 15.8 Å². The number of nitrogens with one attached hydrogen (secondary N) is 1.